The third-order valence-electron chi connectivity index (χ3n) is 4.09. The van der Waals surface area contributed by atoms with E-state index in [2.05, 4.69) is 19.6 Å². The molecule has 122 valence electrons. The molecule has 2 heteroatoms. The van der Waals surface area contributed by atoms with Crippen LogP contribution in [0.15, 0.2) is 0 Å². The highest BCUT2D eigenvalue weighted by Crippen LogP contribution is 2.17. The van der Waals surface area contributed by atoms with Gasteiger partial charge in [-0.1, -0.05) is 84.0 Å². The molecule has 0 aliphatic heterocycles. The van der Waals surface area contributed by atoms with Gasteiger partial charge in [-0.05, 0) is 25.0 Å². The van der Waals surface area contributed by atoms with Gasteiger partial charge in [-0.25, -0.2) is 0 Å². The minimum atomic E-state index is 0.643. The van der Waals surface area contributed by atoms with Crippen molar-refractivity contribution in [3.63, 3.8) is 0 Å². The van der Waals surface area contributed by atoms with Crippen molar-refractivity contribution in [1.29, 1.82) is 0 Å². The van der Waals surface area contributed by atoms with Crippen LogP contribution >= 0.6 is 25.3 Å². The molecule has 0 saturated heterocycles. The molecule has 0 radical (unpaired) electrons. The highest BCUT2D eigenvalue weighted by Gasteiger charge is 2.02. The molecular weight excluding hydrogens is 280 g/mol. The zero-order valence-corrected chi connectivity index (χ0v) is 15.6. The van der Waals surface area contributed by atoms with Crippen molar-refractivity contribution in [2.45, 2.75) is 108 Å². The van der Waals surface area contributed by atoms with Gasteiger partial charge in [-0.3, -0.25) is 0 Å². The second-order valence-corrected chi connectivity index (χ2v) is 7.37. The minimum absolute atomic E-state index is 0.643. The Hall–Kier alpha value is 0.700. The summed E-state index contributed by atoms with van der Waals surface area (Å²) >= 11 is 8.95. The fourth-order valence-corrected chi connectivity index (χ4v) is 3.27. The maximum Gasteiger partial charge on any atom is 0.00168 e. The molecule has 0 N–H and O–H groups in total. The van der Waals surface area contributed by atoms with Gasteiger partial charge in [0.25, 0.3) is 0 Å². The molecular formula is C18H38S2. The molecule has 0 amide bonds. The van der Waals surface area contributed by atoms with E-state index in [-0.39, 0.29) is 0 Å². The first kappa shape index (κ1) is 20.7. The van der Waals surface area contributed by atoms with Crippen LogP contribution in [0.25, 0.3) is 0 Å². The van der Waals surface area contributed by atoms with Crippen molar-refractivity contribution < 1.29 is 0 Å². The molecule has 0 saturated carbocycles. The monoisotopic (exact) mass is 318 g/mol. The van der Waals surface area contributed by atoms with Gasteiger partial charge in [0.2, 0.25) is 0 Å². The largest absolute Gasteiger partial charge is 0.179 e. The predicted octanol–water partition coefficient (Wildman–Crippen LogP) is 7.09. The summed E-state index contributed by atoms with van der Waals surface area (Å²) in [4.78, 5) is 0. The van der Waals surface area contributed by atoms with E-state index in [1.54, 1.807) is 0 Å². The normalized spacial score (nSPS) is 12.8. The molecule has 0 heterocycles. The Labute approximate surface area is 139 Å². The van der Waals surface area contributed by atoms with E-state index in [1.165, 1.54) is 96.3 Å². The van der Waals surface area contributed by atoms with Gasteiger partial charge in [0.05, 0.1) is 0 Å². The Morgan fingerprint density at radius 1 is 0.600 bits per heavy atom. The van der Waals surface area contributed by atoms with Gasteiger partial charge in [0.15, 0.2) is 0 Å². The summed E-state index contributed by atoms with van der Waals surface area (Å²) in [5.41, 5.74) is 0. The molecule has 0 rings (SSSR count). The van der Waals surface area contributed by atoms with Crippen molar-refractivity contribution in [3.8, 4) is 0 Å². The zero-order chi connectivity index (χ0) is 14.9. The molecule has 0 bridgehead atoms. The van der Waals surface area contributed by atoms with Gasteiger partial charge < -0.3 is 0 Å². The summed E-state index contributed by atoms with van der Waals surface area (Å²) in [6.07, 6.45) is 20.9. The molecule has 0 aromatic rings. The summed E-state index contributed by atoms with van der Waals surface area (Å²) in [7, 11) is 0. The summed E-state index contributed by atoms with van der Waals surface area (Å²) in [6.45, 7) is 2.29. The van der Waals surface area contributed by atoms with Crippen molar-refractivity contribution >= 4 is 25.3 Å². The first-order chi connectivity index (χ1) is 9.81. The van der Waals surface area contributed by atoms with E-state index in [1.807, 2.05) is 0 Å². The lowest BCUT2D eigenvalue weighted by Gasteiger charge is -2.10. The average Bonchev–Trinajstić information content (AvgIpc) is 2.45. The minimum Gasteiger partial charge on any atom is -0.179 e. The van der Waals surface area contributed by atoms with Crippen LogP contribution < -0.4 is 0 Å². The first-order valence-corrected chi connectivity index (χ1v) is 10.2. The maximum absolute atomic E-state index is 4.70. The van der Waals surface area contributed by atoms with Crippen molar-refractivity contribution in [1.82, 2.24) is 0 Å². The second-order valence-electron chi connectivity index (χ2n) is 6.20. The number of rotatable bonds is 16. The lowest BCUT2D eigenvalue weighted by molar-refractivity contribution is 0.537. The van der Waals surface area contributed by atoms with Gasteiger partial charge in [-0.2, -0.15) is 25.3 Å². The van der Waals surface area contributed by atoms with Crippen molar-refractivity contribution in [3.05, 3.63) is 0 Å². The molecule has 0 aromatic heterocycles. The molecule has 20 heavy (non-hydrogen) atoms. The Balaban J connectivity index is 3.07. The van der Waals surface area contributed by atoms with Gasteiger partial charge in [0.1, 0.15) is 0 Å². The third-order valence-corrected chi connectivity index (χ3v) is 4.92. The molecule has 1 unspecified atom stereocenters. The van der Waals surface area contributed by atoms with Gasteiger partial charge >= 0.3 is 0 Å². The summed E-state index contributed by atoms with van der Waals surface area (Å²) < 4.78 is 0. The standard InChI is InChI=1S/C18H38S2/c1-2-3-4-5-6-7-8-9-10-12-15-18(20)16-13-11-14-17-19/h18-20H,2-17H2,1H3. The highest BCUT2D eigenvalue weighted by atomic mass is 32.1. The van der Waals surface area contributed by atoms with Crippen LogP contribution in [0.3, 0.4) is 0 Å². The zero-order valence-electron chi connectivity index (χ0n) is 13.8. The maximum atomic E-state index is 4.70. The topological polar surface area (TPSA) is 0 Å². The first-order valence-electron chi connectivity index (χ1n) is 9.10. The van der Waals surface area contributed by atoms with E-state index in [4.69, 9.17) is 12.6 Å². The fourth-order valence-electron chi connectivity index (χ4n) is 2.68. The van der Waals surface area contributed by atoms with E-state index in [0.29, 0.717) is 5.25 Å². The van der Waals surface area contributed by atoms with Crippen LogP contribution in [0, 0.1) is 0 Å². The van der Waals surface area contributed by atoms with E-state index < -0.39 is 0 Å². The highest BCUT2D eigenvalue weighted by molar-refractivity contribution is 7.81. The Morgan fingerprint density at radius 3 is 1.45 bits per heavy atom. The van der Waals surface area contributed by atoms with Crippen LogP contribution in [0.4, 0.5) is 0 Å². The fraction of sp³-hybridized carbons (Fsp3) is 1.00. The van der Waals surface area contributed by atoms with Gasteiger partial charge in [0, 0.05) is 5.25 Å². The van der Waals surface area contributed by atoms with Crippen LogP contribution in [0.2, 0.25) is 0 Å². The summed E-state index contributed by atoms with van der Waals surface area (Å²) in [5.74, 6) is 1.04. The molecule has 1 atom stereocenters. The average molecular weight is 319 g/mol. The van der Waals surface area contributed by atoms with Crippen LogP contribution in [0.5, 0.6) is 0 Å². The smallest absolute Gasteiger partial charge is 0.00168 e. The lowest BCUT2D eigenvalue weighted by atomic mass is 10.0. The summed E-state index contributed by atoms with van der Waals surface area (Å²) in [6, 6.07) is 0. The SMILES string of the molecule is CCCCCCCCCCCCC(S)CCCCCS. The Kier molecular flexibility index (Phi) is 18.4. The number of thiol groups is 2. The van der Waals surface area contributed by atoms with E-state index in [0.717, 1.165) is 5.75 Å². The molecule has 0 aliphatic carbocycles. The van der Waals surface area contributed by atoms with Crippen LogP contribution in [-0.4, -0.2) is 11.0 Å². The Morgan fingerprint density at radius 2 is 1.00 bits per heavy atom. The van der Waals surface area contributed by atoms with Gasteiger partial charge in [-0.15, -0.1) is 0 Å². The Bertz CT molecular complexity index is 171. The molecule has 0 spiro atoms. The van der Waals surface area contributed by atoms with E-state index >= 15 is 0 Å². The predicted molar refractivity (Wildman–Crippen MR) is 102 cm³/mol. The lowest BCUT2D eigenvalue weighted by Crippen LogP contribution is -1.98. The van der Waals surface area contributed by atoms with Crippen LogP contribution in [0.1, 0.15) is 103 Å². The number of hydrogen-bond acceptors (Lipinski definition) is 2. The quantitative estimate of drug-likeness (QED) is 0.220. The third kappa shape index (κ3) is 16.8. The summed E-state index contributed by atoms with van der Waals surface area (Å²) in [5, 5.41) is 0.643. The number of unbranched alkanes of at least 4 members (excludes halogenated alkanes) is 11. The molecule has 0 aromatic carbocycles. The molecule has 0 aliphatic rings. The van der Waals surface area contributed by atoms with Crippen molar-refractivity contribution in [2.24, 2.45) is 0 Å². The second kappa shape index (κ2) is 17.8. The molecule has 0 fully saturated rings. The van der Waals surface area contributed by atoms with Crippen molar-refractivity contribution in [2.75, 3.05) is 5.75 Å². The number of hydrogen-bond donors (Lipinski definition) is 2. The van der Waals surface area contributed by atoms with Crippen LogP contribution in [-0.2, 0) is 0 Å². The molecule has 0 nitrogen and oxygen atoms in total. The van der Waals surface area contributed by atoms with E-state index in [9.17, 15) is 0 Å².